The molecule has 1 amide bonds. The molecule has 0 aliphatic rings. The molecule has 3 atom stereocenters. The molecule has 3 unspecified atom stereocenters. The molecule has 0 fully saturated rings. The van der Waals surface area contributed by atoms with Crippen LogP contribution >= 0.6 is 0 Å². The highest BCUT2D eigenvalue weighted by atomic mass is 16.5. The molecule has 0 aromatic rings. The van der Waals surface area contributed by atoms with Crippen molar-refractivity contribution in [3.05, 3.63) is 60.8 Å². The summed E-state index contributed by atoms with van der Waals surface area (Å²) in [5.74, 6) is -0.522. The third kappa shape index (κ3) is 46.1. The number of rotatable bonds is 49. The summed E-state index contributed by atoms with van der Waals surface area (Å²) >= 11 is 0. The molecule has 6 nitrogen and oxygen atoms in total. The molecule has 0 saturated heterocycles. The van der Waals surface area contributed by atoms with Crippen LogP contribution in [-0.2, 0) is 14.3 Å². The fraction of sp³-hybridized carbons (Fsp3) is 0.793. The highest BCUT2D eigenvalue weighted by Crippen LogP contribution is 2.18. The zero-order chi connectivity index (χ0) is 46.7. The Morgan fingerprint density at radius 1 is 0.469 bits per heavy atom. The summed E-state index contributed by atoms with van der Waals surface area (Å²) in [6.45, 7) is 6.37. The molecular formula is C58H105NO5. The Kier molecular flexibility index (Phi) is 49.6. The largest absolute Gasteiger partial charge is 0.462 e. The normalized spacial score (nSPS) is 13.6. The SMILES string of the molecule is CC/C=C\C/C=C\C/C=C\C/C=C\C/C=C\CCCC(CC(=O)NC(CO)C(O)CCCCCCCCCCCCCCCC)OC(=O)CCCCCCCCCCCCCCCC. The molecule has 6 heteroatoms. The summed E-state index contributed by atoms with van der Waals surface area (Å²) in [6, 6.07) is -0.720. The first-order chi connectivity index (χ1) is 31.5. The molecule has 0 spiro atoms. The van der Waals surface area contributed by atoms with Gasteiger partial charge in [-0.2, -0.15) is 0 Å². The standard InChI is InChI=1S/C58H105NO5/c1-4-7-10-13-16-19-22-25-28-29-30-31-34-37-40-43-46-49-54(64-58(63)51-48-45-42-39-36-33-27-24-21-18-15-12-9-6-3)52-57(62)59-55(53-60)56(61)50-47-44-41-38-35-32-26-23-20-17-14-11-8-5-2/h7,10,16,19,25,28,30-31,37,40,54-56,60-61H,4-6,8-9,11-15,17-18,20-24,26-27,29,32-36,38-39,41-53H2,1-3H3,(H,59,62)/b10-7-,19-16-,28-25-,31-30-,40-37-. The van der Waals surface area contributed by atoms with Crippen molar-refractivity contribution in [3.63, 3.8) is 0 Å². The van der Waals surface area contributed by atoms with Crippen LogP contribution in [0.2, 0.25) is 0 Å². The van der Waals surface area contributed by atoms with Crippen molar-refractivity contribution in [1.29, 1.82) is 0 Å². The van der Waals surface area contributed by atoms with E-state index in [1.807, 2.05) is 0 Å². The molecule has 0 aromatic heterocycles. The van der Waals surface area contributed by atoms with Gasteiger partial charge in [0, 0.05) is 6.42 Å². The van der Waals surface area contributed by atoms with Crippen molar-refractivity contribution >= 4 is 11.9 Å². The van der Waals surface area contributed by atoms with E-state index >= 15 is 0 Å². The maximum atomic E-state index is 13.2. The van der Waals surface area contributed by atoms with Crippen molar-refractivity contribution in [1.82, 2.24) is 5.32 Å². The molecule has 0 heterocycles. The maximum absolute atomic E-state index is 13.2. The van der Waals surface area contributed by atoms with Gasteiger partial charge in [-0.05, 0) is 64.2 Å². The van der Waals surface area contributed by atoms with Gasteiger partial charge in [0.1, 0.15) is 6.10 Å². The smallest absolute Gasteiger partial charge is 0.306 e. The quantitative estimate of drug-likeness (QED) is 0.0321. The molecule has 0 rings (SSSR count). The van der Waals surface area contributed by atoms with Gasteiger partial charge in [-0.1, -0.05) is 255 Å². The molecule has 0 aromatic carbocycles. The number of esters is 1. The lowest BCUT2D eigenvalue weighted by molar-refractivity contribution is -0.151. The van der Waals surface area contributed by atoms with Gasteiger partial charge in [0.25, 0.3) is 0 Å². The minimum Gasteiger partial charge on any atom is -0.462 e. The number of allylic oxidation sites excluding steroid dienone is 10. The van der Waals surface area contributed by atoms with Crippen LogP contribution in [0.4, 0.5) is 0 Å². The summed E-state index contributed by atoms with van der Waals surface area (Å²) in [5, 5.41) is 23.8. The van der Waals surface area contributed by atoms with Crippen LogP contribution in [0, 0.1) is 0 Å². The predicted octanol–water partition coefficient (Wildman–Crippen LogP) is 16.8. The molecular weight excluding hydrogens is 791 g/mol. The third-order valence-electron chi connectivity index (χ3n) is 12.4. The number of hydrogen-bond acceptors (Lipinski definition) is 5. The fourth-order valence-corrected chi connectivity index (χ4v) is 8.23. The second-order valence-corrected chi connectivity index (χ2v) is 18.6. The maximum Gasteiger partial charge on any atom is 0.306 e. The first-order valence-electron chi connectivity index (χ1n) is 27.5. The van der Waals surface area contributed by atoms with Crippen LogP contribution in [0.15, 0.2) is 60.8 Å². The zero-order valence-corrected chi connectivity index (χ0v) is 42.4. The minimum atomic E-state index is -0.803. The fourth-order valence-electron chi connectivity index (χ4n) is 8.23. The number of hydrogen-bond donors (Lipinski definition) is 3. The molecule has 0 aliphatic carbocycles. The number of unbranched alkanes of at least 4 members (excludes halogenated alkanes) is 27. The van der Waals surface area contributed by atoms with Gasteiger partial charge in [-0.15, -0.1) is 0 Å². The van der Waals surface area contributed by atoms with Crippen LogP contribution in [0.25, 0.3) is 0 Å². The van der Waals surface area contributed by atoms with Crippen molar-refractivity contribution < 1.29 is 24.5 Å². The molecule has 0 saturated carbocycles. The van der Waals surface area contributed by atoms with E-state index in [1.165, 1.54) is 141 Å². The van der Waals surface area contributed by atoms with Crippen molar-refractivity contribution in [3.8, 4) is 0 Å². The second-order valence-electron chi connectivity index (χ2n) is 18.6. The Labute approximate surface area is 397 Å². The van der Waals surface area contributed by atoms with Gasteiger partial charge < -0.3 is 20.3 Å². The molecule has 3 N–H and O–H groups in total. The lowest BCUT2D eigenvalue weighted by Gasteiger charge is -2.24. The number of aliphatic hydroxyl groups excluding tert-OH is 2. The van der Waals surface area contributed by atoms with Gasteiger partial charge >= 0.3 is 5.97 Å². The van der Waals surface area contributed by atoms with E-state index in [9.17, 15) is 19.8 Å². The summed E-state index contributed by atoms with van der Waals surface area (Å²) in [6.07, 6.45) is 64.3. The Morgan fingerprint density at radius 3 is 1.25 bits per heavy atom. The lowest BCUT2D eigenvalue weighted by Crippen LogP contribution is -2.46. The van der Waals surface area contributed by atoms with E-state index in [0.717, 1.165) is 83.5 Å². The second kappa shape index (κ2) is 51.5. The Bertz CT molecular complexity index is 1140. The Hall–Kier alpha value is -2.44. The van der Waals surface area contributed by atoms with E-state index in [1.54, 1.807) is 0 Å². The van der Waals surface area contributed by atoms with Gasteiger partial charge in [0.15, 0.2) is 0 Å². The van der Waals surface area contributed by atoms with Gasteiger partial charge in [-0.25, -0.2) is 0 Å². The molecule has 372 valence electrons. The topological polar surface area (TPSA) is 95.9 Å². The van der Waals surface area contributed by atoms with Crippen molar-refractivity contribution in [2.45, 2.75) is 289 Å². The van der Waals surface area contributed by atoms with Gasteiger partial charge in [0.05, 0.1) is 25.2 Å². The molecule has 0 radical (unpaired) electrons. The summed E-state index contributed by atoms with van der Waals surface area (Å²) in [4.78, 5) is 26.2. The van der Waals surface area contributed by atoms with Gasteiger partial charge in [-0.3, -0.25) is 9.59 Å². The first-order valence-corrected chi connectivity index (χ1v) is 27.5. The summed E-state index contributed by atoms with van der Waals surface area (Å²) in [7, 11) is 0. The van der Waals surface area contributed by atoms with Crippen LogP contribution < -0.4 is 5.32 Å². The monoisotopic (exact) mass is 896 g/mol. The molecule has 0 aliphatic heterocycles. The van der Waals surface area contributed by atoms with E-state index in [4.69, 9.17) is 4.74 Å². The Morgan fingerprint density at radius 2 is 0.844 bits per heavy atom. The van der Waals surface area contributed by atoms with E-state index in [2.05, 4.69) is 86.8 Å². The van der Waals surface area contributed by atoms with Crippen LogP contribution in [0.5, 0.6) is 0 Å². The number of carbonyl (C=O) groups excluding carboxylic acids is 2. The van der Waals surface area contributed by atoms with Gasteiger partial charge in [0.2, 0.25) is 5.91 Å². The third-order valence-corrected chi connectivity index (χ3v) is 12.4. The first kappa shape index (κ1) is 61.6. The summed E-state index contributed by atoms with van der Waals surface area (Å²) < 4.78 is 5.92. The molecule has 0 bridgehead atoms. The highest BCUT2D eigenvalue weighted by Gasteiger charge is 2.24. The Balaban J connectivity index is 4.67. The zero-order valence-electron chi connectivity index (χ0n) is 42.4. The van der Waals surface area contributed by atoms with E-state index in [-0.39, 0.29) is 24.9 Å². The van der Waals surface area contributed by atoms with E-state index in [0.29, 0.717) is 19.3 Å². The summed E-state index contributed by atoms with van der Waals surface area (Å²) in [5.41, 5.74) is 0. The van der Waals surface area contributed by atoms with E-state index < -0.39 is 18.2 Å². The molecule has 64 heavy (non-hydrogen) atoms. The van der Waals surface area contributed by atoms with Crippen molar-refractivity contribution in [2.75, 3.05) is 6.61 Å². The van der Waals surface area contributed by atoms with Crippen molar-refractivity contribution in [2.24, 2.45) is 0 Å². The number of ether oxygens (including phenoxy) is 1. The van der Waals surface area contributed by atoms with Crippen LogP contribution in [0.1, 0.15) is 271 Å². The van der Waals surface area contributed by atoms with Crippen LogP contribution in [-0.4, -0.2) is 46.9 Å². The highest BCUT2D eigenvalue weighted by molar-refractivity contribution is 5.77. The lowest BCUT2D eigenvalue weighted by atomic mass is 10.0. The average Bonchev–Trinajstić information content (AvgIpc) is 3.29. The number of amides is 1. The number of nitrogens with one attached hydrogen (secondary N) is 1. The minimum absolute atomic E-state index is 0.0399. The number of carbonyl (C=O) groups is 2. The predicted molar refractivity (Wildman–Crippen MR) is 278 cm³/mol. The van der Waals surface area contributed by atoms with Crippen LogP contribution in [0.3, 0.4) is 0 Å². The average molecular weight is 896 g/mol. The number of aliphatic hydroxyl groups is 2.